The zero-order chi connectivity index (χ0) is 49.1. The van der Waals surface area contributed by atoms with Gasteiger partial charge in [0.05, 0.1) is 16.9 Å². The molecule has 305 valence electrons. The number of hydrogen-bond donors (Lipinski definition) is 0. The van der Waals surface area contributed by atoms with Crippen LogP contribution < -0.4 is 4.40 Å². The van der Waals surface area contributed by atoms with Gasteiger partial charge in [0.15, 0.2) is 0 Å². The summed E-state index contributed by atoms with van der Waals surface area (Å²) in [6.07, 6.45) is 1.95. The summed E-state index contributed by atoms with van der Waals surface area (Å²) >= 11 is -0.437. The van der Waals surface area contributed by atoms with Crippen LogP contribution in [-0.2, 0) is 20.1 Å². The minimum absolute atomic E-state index is 0. The molecule has 3 nitrogen and oxygen atoms in total. The second-order valence-electron chi connectivity index (χ2n) is 16.7. The van der Waals surface area contributed by atoms with Crippen molar-refractivity contribution >= 4 is 60.2 Å². The molecule has 3 heterocycles. The Labute approximate surface area is 389 Å². The van der Waals surface area contributed by atoms with Crippen LogP contribution in [0.15, 0.2) is 128 Å². The summed E-state index contributed by atoms with van der Waals surface area (Å²) in [5, 5.41) is 1.30. The van der Waals surface area contributed by atoms with E-state index in [4.69, 9.17) is 17.3 Å². The van der Waals surface area contributed by atoms with Crippen molar-refractivity contribution in [3.8, 4) is 39.5 Å². The van der Waals surface area contributed by atoms with E-state index < -0.39 is 33.8 Å². The van der Waals surface area contributed by atoms with E-state index in [9.17, 15) is 0 Å². The van der Waals surface area contributed by atoms with Gasteiger partial charge in [0.25, 0.3) is 0 Å². The van der Waals surface area contributed by atoms with Crippen molar-refractivity contribution in [2.24, 2.45) is 0 Å². The molecule has 0 aliphatic heterocycles. The predicted molar refractivity (Wildman–Crippen MR) is 258 cm³/mol. The van der Waals surface area contributed by atoms with E-state index in [1.54, 1.807) is 36.4 Å². The number of aromatic nitrogens is 3. The summed E-state index contributed by atoms with van der Waals surface area (Å²) in [6, 6.07) is 45.0. The number of nitrogens with zero attached hydrogens (tertiary/aromatic N) is 3. The van der Waals surface area contributed by atoms with Crippen molar-refractivity contribution in [2.45, 2.75) is 77.4 Å². The van der Waals surface area contributed by atoms with Gasteiger partial charge in [-0.15, -0.1) is 17.7 Å². The molecule has 0 atom stereocenters. The van der Waals surface area contributed by atoms with E-state index in [-0.39, 0.29) is 43.1 Å². The van der Waals surface area contributed by atoms with E-state index in [1.165, 1.54) is 32.9 Å². The average molecular weight is 1050 g/mol. The van der Waals surface area contributed by atoms with E-state index in [0.29, 0.717) is 32.4 Å². The fourth-order valence-corrected chi connectivity index (χ4v) is 11.0. The van der Waals surface area contributed by atoms with Gasteiger partial charge in [-0.05, 0) is 86.9 Å². The molecule has 0 fully saturated rings. The first-order valence-corrected chi connectivity index (χ1v) is 28.2. The summed E-state index contributed by atoms with van der Waals surface area (Å²) in [5.74, 6) is 8.01. The van der Waals surface area contributed by atoms with Crippen LogP contribution >= 0.6 is 11.3 Å². The molecule has 0 bridgehead atoms. The Bertz CT molecular complexity index is 3190. The molecular formula is C54H53GeIrN3S-2. The number of fused-ring (bicyclic) bond motifs is 4. The van der Waals surface area contributed by atoms with Gasteiger partial charge in [-0.25, -0.2) is 0 Å². The molecule has 6 heteroatoms. The molecule has 0 aliphatic carbocycles. The SMILES string of the molecule is [2H]C([2H])([2H])c1c[c-]c(-c2cc[c]([Ge]([CH3])([CH3])[CH3])cn2)cc1.[2H]C([2H])([2H])c1ccc2c(c1)sc1c(-c3nc4ccccc4n3-c3c(C(C)C)cc(-c4ccccc4)cc3C(C)C)[c-]cc(C([2H])([2H])[2H])c12.[Ir]. The molecule has 3 aromatic heterocycles. The normalized spacial score (nSPS) is 14.5. The average Bonchev–Trinajstić information content (AvgIpc) is 3.86. The van der Waals surface area contributed by atoms with Crippen LogP contribution in [0.4, 0.5) is 0 Å². The number of thiophene rings is 1. The van der Waals surface area contributed by atoms with Gasteiger partial charge in [-0.2, -0.15) is 11.3 Å². The van der Waals surface area contributed by atoms with Gasteiger partial charge in [0.1, 0.15) is 0 Å². The molecule has 1 radical (unpaired) electrons. The smallest absolute Gasteiger partial charge is 0.0774 e. The van der Waals surface area contributed by atoms with Crippen molar-refractivity contribution in [1.82, 2.24) is 14.5 Å². The monoisotopic (exact) mass is 1050 g/mol. The summed E-state index contributed by atoms with van der Waals surface area (Å²) in [4.78, 5) is 9.70. The maximum absolute atomic E-state index is 8.40. The fourth-order valence-electron chi connectivity index (χ4n) is 7.61. The molecule has 0 N–H and O–H groups in total. The van der Waals surface area contributed by atoms with Crippen LogP contribution in [-0.4, -0.2) is 27.8 Å². The third-order valence-corrected chi connectivity index (χ3v) is 16.2. The quantitative estimate of drug-likeness (QED) is 0.118. The molecule has 6 aromatic carbocycles. The van der Waals surface area contributed by atoms with Crippen LogP contribution in [0, 0.1) is 32.7 Å². The number of aryl methyl sites for hydroxylation is 3. The molecule has 0 unspecified atom stereocenters. The van der Waals surface area contributed by atoms with Crippen molar-refractivity contribution < 1.29 is 32.4 Å². The van der Waals surface area contributed by atoms with Crippen molar-refractivity contribution in [1.29, 1.82) is 0 Å². The number of hydrogen-bond acceptors (Lipinski definition) is 3. The summed E-state index contributed by atoms with van der Waals surface area (Å²) in [5.41, 5.74) is 10.5. The number of imidazole rings is 1. The zero-order valence-electron chi connectivity index (χ0n) is 43.9. The molecule has 60 heavy (non-hydrogen) atoms. The van der Waals surface area contributed by atoms with Crippen molar-refractivity contribution in [2.75, 3.05) is 0 Å². The Balaban J connectivity index is 0.000000281. The van der Waals surface area contributed by atoms with E-state index in [2.05, 4.69) is 115 Å². The van der Waals surface area contributed by atoms with Crippen LogP contribution in [0.3, 0.4) is 0 Å². The van der Waals surface area contributed by atoms with Crippen LogP contribution in [0.1, 0.15) is 79.7 Å². The van der Waals surface area contributed by atoms with Gasteiger partial charge in [0.2, 0.25) is 0 Å². The molecule has 0 spiro atoms. The van der Waals surface area contributed by atoms with E-state index >= 15 is 0 Å². The first kappa shape index (κ1) is 33.0. The molecular weight excluding hydrogens is 988 g/mol. The number of pyridine rings is 1. The Kier molecular flexibility index (Phi) is 9.78. The van der Waals surface area contributed by atoms with Crippen molar-refractivity contribution in [3.63, 3.8) is 0 Å². The third kappa shape index (κ3) is 8.61. The minimum atomic E-state index is -2.40. The Morgan fingerprint density at radius 3 is 2.07 bits per heavy atom. The first-order chi connectivity index (χ1) is 31.9. The summed E-state index contributed by atoms with van der Waals surface area (Å²) < 4.78 is 76.2. The summed E-state index contributed by atoms with van der Waals surface area (Å²) in [6.45, 7) is 2.08. The molecule has 0 saturated heterocycles. The van der Waals surface area contributed by atoms with Gasteiger partial charge in [-0.3, -0.25) is 4.98 Å². The molecule has 9 rings (SSSR count). The van der Waals surface area contributed by atoms with E-state index in [0.717, 1.165) is 43.8 Å². The maximum Gasteiger partial charge on any atom is 0.0774 e. The van der Waals surface area contributed by atoms with Gasteiger partial charge < -0.3 is 4.57 Å². The van der Waals surface area contributed by atoms with Gasteiger partial charge in [0, 0.05) is 38.7 Å². The first-order valence-electron chi connectivity index (χ1n) is 24.5. The van der Waals surface area contributed by atoms with E-state index in [1.807, 2.05) is 36.5 Å². The number of benzene rings is 6. The minimum Gasteiger partial charge on any atom is -0.333 e. The molecule has 0 amide bonds. The Morgan fingerprint density at radius 2 is 1.43 bits per heavy atom. The van der Waals surface area contributed by atoms with Gasteiger partial charge >= 0.3 is 110 Å². The molecule has 0 aliphatic rings. The Hall–Kier alpha value is -4.65. The fraction of sp³-hybridized carbons (Fsp3) is 0.222. The van der Waals surface area contributed by atoms with Crippen LogP contribution in [0.2, 0.25) is 17.3 Å². The number of para-hydroxylation sites is 2. The number of rotatable bonds is 7. The standard InChI is InChI=1S/C39H35N2S.C15H18GeN.Ir/c1-23(2)31-21-28(27-12-8-7-9-13-27)22-32(24(3)4)37(31)41-34-15-11-10-14-33(34)40-39(41)30-19-17-26(6)36-29-18-16-25(5)20-35(29)42-38(30)36;1-12-5-7-13(8-6-12)15-10-9-14(11-17-15)16(2,3)4;/h7-18,20-24H,1-6H3;5-7,9-11H,1-4H3;/q2*-1;/i5D3,6D3;1D3;. The predicted octanol–water partition coefficient (Wildman–Crippen LogP) is 14.8. The van der Waals surface area contributed by atoms with Crippen molar-refractivity contribution in [3.05, 3.63) is 167 Å². The Morgan fingerprint density at radius 1 is 0.717 bits per heavy atom. The largest absolute Gasteiger partial charge is 0.333 e. The van der Waals surface area contributed by atoms with Crippen LogP contribution in [0.25, 0.3) is 70.7 Å². The summed E-state index contributed by atoms with van der Waals surface area (Å²) in [7, 11) is 0. The third-order valence-electron chi connectivity index (χ3n) is 10.8. The molecule has 9 aromatic rings. The zero-order valence-corrected chi connectivity index (χ0v) is 40.2. The molecule has 0 saturated carbocycles. The second kappa shape index (κ2) is 17.8. The van der Waals surface area contributed by atoms with Crippen LogP contribution in [0.5, 0.6) is 0 Å². The maximum atomic E-state index is 8.40. The van der Waals surface area contributed by atoms with Gasteiger partial charge in [-0.1, -0.05) is 100 Å². The topological polar surface area (TPSA) is 30.7 Å². The second-order valence-corrected chi connectivity index (χ2v) is 28.4.